The molecule has 0 radical (unpaired) electrons. The number of Topliss-reactive ketones (excluding diaryl/α,β-unsaturated/α-hetero) is 1. The minimum absolute atomic E-state index is 0.113. The Hall–Kier alpha value is -0.630. The number of benzene rings is 1. The van der Waals surface area contributed by atoms with Crippen LogP contribution in [-0.4, -0.2) is 10.6 Å². The van der Waals surface area contributed by atoms with Crippen LogP contribution in [0.3, 0.4) is 0 Å². The SMILES string of the molecule is C[C@H](Br)C(=O)c1ccc(C(C)(C)C)cc1. The molecule has 0 saturated heterocycles. The van der Waals surface area contributed by atoms with E-state index in [1.165, 1.54) is 5.56 Å². The highest BCUT2D eigenvalue weighted by molar-refractivity contribution is 9.10. The molecule has 0 fully saturated rings. The Kier molecular flexibility index (Phi) is 3.72. The first-order valence-corrected chi connectivity index (χ1v) is 6.03. The van der Waals surface area contributed by atoms with Gasteiger partial charge in [0.15, 0.2) is 5.78 Å². The van der Waals surface area contributed by atoms with Gasteiger partial charge >= 0.3 is 0 Å². The van der Waals surface area contributed by atoms with E-state index in [0.29, 0.717) is 0 Å². The van der Waals surface area contributed by atoms with Crippen LogP contribution in [0.4, 0.5) is 0 Å². The Morgan fingerprint density at radius 2 is 1.67 bits per heavy atom. The molecule has 0 bridgehead atoms. The van der Waals surface area contributed by atoms with Crippen molar-refractivity contribution in [3.8, 4) is 0 Å². The van der Waals surface area contributed by atoms with Gasteiger partial charge in [0.2, 0.25) is 0 Å². The van der Waals surface area contributed by atoms with Gasteiger partial charge in [0.1, 0.15) is 0 Å². The zero-order valence-corrected chi connectivity index (χ0v) is 11.3. The van der Waals surface area contributed by atoms with Gasteiger partial charge in [0.05, 0.1) is 4.83 Å². The van der Waals surface area contributed by atoms with Gasteiger partial charge in [-0.1, -0.05) is 61.0 Å². The maximum Gasteiger partial charge on any atom is 0.176 e. The van der Waals surface area contributed by atoms with Gasteiger partial charge in [-0.3, -0.25) is 4.79 Å². The van der Waals surface area contributed by atoms with Gasteiger partial charge < -0.3 is 0 Å². The third-order valence-corrected chi connectivity index (χ3v) is 2.81. The Morgan fingerprint density at radius 1 is 1.20 bits per heavy atom. The molecule has 0 amide bonds. The first-order valence-electron chi connectivity index (χ1n) is 5.11. The highest BCUT2D eigenvalue weighted by Gasteiger charge is 2.15. The monoisotopic (exact) mass is 268 g/mol. The molecule has 0 heterocycles. The second kappa shape index (κ2) is 4.48. The van der Waals surface area contributed by atoms with Crippen molar-refractivity contribution in [2.24, 2.45) is 0 Å². The summed E-state index contributed by atoms with van der Waals surface area (Å²) >= 11 is 3.28. The fourth-order valence-electron chi connectivity index (χ4n) is 1.36. The van der Waals surface area contributed by atoms with E-state index in [-0.39, 0.29) is 16.0 Å². The van der Waals surface area contributed by atoms with E-state index in [2.05, 4.69) is 36.7 Å². The lowest BCUT2D eigenvalue weighted by Crippen LogP contribution is -2.13. The largest absolute Gasteiger partial charge is 0.293 e. The first-order chi connectivity index (χ1) is 6.82. The van der Waals surface area contributed by atoms with Crippen LogP contribution in [0.5, 0.6) is 0 Å². The highest BCUT2D eigenvalue weighted by Crippen LogP contribution is 2.22. The molecule has 0 aromatic heterocycles. The second-order valence-corrected chi connectivity index (χ2v) is 6.18. The maximum absolute atomic E-state index is 11.7. The molecule has 2 heteroatoms. The molecule has 0 unspecified atom stereocenters. The molecule has 0 aliphatic rings. The zero-order chi connectivity index (χ0) is 11.6. The molecule has 0 spiro atoms. The van der Waals surface area contributed by atoms with E-state index in [1.54, 1.807) is 0 Å². The lowest BCUT2D eigenvalue weighted by atomic mass is 9.86. The number of carbonyl (C=O) groups excluding carboxylic acids is 1. The summed E-state index contributed by atoms with van der Waals surface area (Å²) in [5, 5.41) is 0. The Labute approximate surface area is 100 Å². The maximum atomic E-state index is 11.7. The average molecular weight is 269 g/mol. The molecule has 1 atom stereocenters. The summed E-state index contributed by atoms with van der Waals surface area (Å²) in [4.78, 5) is 11.5. The number of halogens is 1. The third kappa shape index (κ3) is 3.16. The summed E-state index contributed by atoms with van der Waals surface area (Å²) < 4.78 is 0. The summed E-state index contributed by atoms with van der Waals surface area (Å²) in [6.07, 6.45) is 0. The van der Waals surface area contributed by atoms with Gasteiger partial charge in [-0.2, -0.15) is 0 Å². The molecule has 1 aromatic rings. The molecule has 0 N–H and O–H groups in total. The number of rotatable bonds is 2. The molecule has 0 aliphatic carbocycles. The molecular formula is C13H17BrO. The van der Waals surface area contributed by atoms with Gasteiger partial charge in [0, 0.05) is 5.56 Å². The number of hydrogen-bond donors (Lipinski definition) is 0. The number of ketones is 1. The Balaban J connectivity index is 2.96. The van der Waals surface area contributed by atoms with E-state index in [9.17, 15) is 4.79 Å². The van der Waals surface area contributed by atoms with Crippen LogP contribution in [0.2, 0.25) is 0 Å². The Bertz CT molecular complexity index is 344. The van der Waals surface area contributed by atoms with E-state index >= 15 is 0 Å². The minimum atomic E-state index is -0.113. The summed E-state index contributed by atoms with van der Waals surface area (Å²) in [7, 11) is 0. The van der Waals surface area contributed by atoms with Crippen LogP contribution >= 0.6 is 15.9 Å². The quantitative estimate of drug-likeness (QED) is 0.587. The predicted molar refractivity (Wildman–Crippen MR) is 67.9 cm³/mol. The van der Waals surface area contributed by atoms with Crippen molar-refractivity contribution in [3.05, 3.63) is 35.4 Å². The third-order valence-electron chi connectivity index (χ3n) is 2.40. The fourth-order valence-corrected chi connectivity index (χ4v) is 1.63. The predicted octanol–water partition coefficient (Wildman–Crippen LogP) is 3.95. The van der Waals surface area contributed by atoms with E-state index in [1.807, 2.05) is 31.2 Å². The number of hydrogen-bond acceptors (Lipinski definition) is 1. The zero-order valence-electron chi connectivity index (χ0n) is 9.67. The fraction of sp³-hybridized carbons (Fsp3) is 0.462. The molecule has 0 saturated carbocycles. The highest BCUT2D eigenvalue weighted by atomic mass is 79.9. The van der Waals surface area contributed by atoms with E-state index in [4.69, 9.17) is 0 Å². The lowest BCUT2D eigenvalue weighted by Gasteiger charge is -2.19. The van der Waals surface area contributed by atoms with Gasteiger partial charge in [0.25, 0.3) is 0 Å². The van der Waals surface area contributed by atoms with Gasteiger partial charge in [-0.25, -0.2) is 0 Å². The Morgan fingerprint density at radius 3 is 2.00 bits per heavy atom. The lowest BCUT2D eigenvalue weighted by molar-refractivity contribution is 0.0996. The number of carbonyl (C=O) groups is 1. The summed E-state index contributed by atoms with van der Waals surface area (Å²) in [6, 6.07) is 7.87. The van der Waals surface area contributed by atoms with Crippen LogP contribution in [0.15, 0.2) is 24.3 Å². The minimum Gasteiger partial charge on any atom is -0.293 e. The van der Waals surface area contributed by atoms with Crippen molar-refractivity contribution in [1.82, 2.24) is 0 Å². The molecule has 0 aliphatic heterocycles. The van der Waals surface area contributed by atoms with Crippen molar-refractivity contribution in [3.63, 3.8) is 0 Å². The topological polar surface area (TPSA) is 17.1 Å². The van der Waals surface area contributed by atoms with Gasteiger partial charge in [-0.15, -0.1) is 0 Å². The number of alkyl halides is 1. The summed E-state index contributed by atoms with van der Waals surface area (Å²) in [5.41, 5.74) is 2.16. The summed E-state index contributed by atoms with van der Waals surface area (Å²) in [5.74, 6) is 0.135. The van der Waals surface area contributed by atoms with Crippen LogP contribution < -0.4 is 0 Å². The van der Waals surface area contributed by atoms with Crippen LogP contribution in [0.25, 0.3) is 0 Å². The standard InChI is InChI=1S/C13H17BrO/c1-9(14)12(15)10-5-7-11(8-6-10)13(2,3)4/h5-9H,1-4H3/t9-/m0/s1. The smallest absolute Gasteiger partial charge is 0.176 e. The second-order valence-electron chi connectivity index (χ2n) is 4.81. The molecule has 1 nitrogen and oxygen atoms in total. The van der Waals surface area contributed by atoms with Crippen molar-refractivity contribution in [2.75, 3.05) is 0 Å². The molecule has 1 rings (SSSR count). The van der Waals surface area contributed by atoms with E-state index in [0.717, 1.165) is 5.56 Å². The van der Waals surface area contributed by atoms with Crippen molar-refractivity contribution in [1.29, 1.82) is 0 Å². The summed E-state index contributed by atoms with van der Waals surface area (Å²) in [6.45, 7) is 8.34. The van der Waals surface area contributed by atoms with Crippen molar-refractivity contribution in [2.45, 2.75) is 37.9 Å². The van der Waals surface area contributed by atoms with Crippen LogP contribution in [0.1, 0.15) is 43.6 Å². The van der Waals surface area contributed by atoms with Crippen LogP contribution in [0, 0.1) is 0 Å². The normalized spacial score (nSPS) is 13.7. The molecular weight excluding hydrogens is 252 g/mol. The molecule has 15 heavy (non-hydrogen) atoms. The molecule has 82 valence electrons. The van der Waals surface area contributed by atoms with Gasteiger partial charge in [-0.05, 0) is 17.9 Å². The van der Waals surface area contributed by atoms with Crippen molar-refractivity contribution < 1.29 is 4.79 Å². The van der Waals surface area contributed by atoms with Crippen molar-refractivity contribution >= 4 is 21.7 Å². The van der Waals surface area contributed by atoms with Crippen LogP contribution in [-0.2, 0) is 5.41 Å². The molecule has 1 aromatic carbocycles. The van der Waals surface area contributed by atoms with E-state index < -0.39 is 0 Å². The average Bonchev–Trinajstić information content (AvgIpc) is 2.15. The first kappa shape index (κ1) is 12.4.